The number of carbonyl (C=O) groups is 3. The Bertz CT molecular complexity index is 1200. The molecule has 0 saturated carbocycles. The fourth-order valence-electron chi connectivity index (χ4n) is 3.50. The van der Waals surface area contributed by atoms with Crippen molar-refractivity contribution in [2.75, 3.05) is 41.3 Å². The molecule has 4 N–H and O–H groups in total. The minimum absolute atomic E-state index is 0.0434. The Labute approximate surface area is 237 Å². The lowest BCUT2D eigenvalue weighted by Crippen LogP contribution is -2.35. The molecule has 4 rings (SSSR count). The lowest BCUT2D eigenvalue weighted by atomic mass is 10.2. The maximum absolute atomic E-state index is 12.1. The van der Waals surface area contributed by atoms with Crippen molar-refractivity contribution in [3.05, 3.63) is 65.7 Å². The largest absolute Gasteiger partial charge is 0.336 e. The number of hydrogen-bond acceptors (Lipinski definition) is 9. The fourth-order valence-corrected chi connectivity index (χ4v) is 5.86. The number of likely N-dealkylation sites (N-methyl/N-ethyl adjacent to an activating group) is 1. The minimum atomic E-state index is -0.224. The zero-order valence-corrected chi connectivity index (χ0v) is 25.5. The van der Waals surface area contributed by atoms with E-state index >= 15 is 0 Å². The normalized spacial score (nSPS) is 14.5. The summed E-state index contributed by atoms with van der Waals surface area (Å²) < 4.78 is 0. The van der Waals surface area contributed by atoms with E-state index in [4.69, 9.17) is 5.84 Å². The van der Waals surface area contributed by atoms with Crippen LogP contribution in [0.1, 0.15) is 50.1 Å². The summed E-state index contributed by atoms with van der Waals surface area (Å²) in [7, 11) is 7.73. The van der Waals surface area contributed by atoms with Gasteiger partial charge in [-0.25, -0.2) is 10.9 Å². The highest BCUT2D eigenvalue weighted by atomic mass is 32.1. The van der Waals surface area contributed by atoms with Crippen molar-refractivity contribution >= 4 is 51.7 Å². The molecule has 0 bridgehead atoms. The van der Waals surface area contributed by atoms with Gasteiger partial charge >= 0.3 is 0 Å². The Morgan fingerprint density at radius 1 is 0.816 bits per heavy atom. The van der Waals surface area contributed by atoms with Gasteiger partial charge in [0.2, 0.25) is 0 Å². The van der Waals surface area contributed by atoms with Gasteiger partial charge in [0.1, 0.15) is 0 Å². The number of amides is 3. The molecule has 9 nitrogen and oxygen atoms in total. The molecule has 1 saturated heterocycles. The summed E-state index contributed by atoms with van der Waals surface area (Å²) in [6.07, 6.45) is 1.09. The van der Waals surface area contributed by atoms with Crippen LogP contribution in [-0.4, -0.2) is 79.9 Å². The molecule has 3 amide bonds. The number of nitrogen functional groups attached to an aromatic ring is 1. The second-order valence-electron chi connectivity index (χ2n) is 9.20. The molecule has 0 spiro atoms. The molecular formula is C26H38N6O3S3. The third-order valence-electron chi connectivity index (χ3n) is 5.52. The number of likely N-dealkylation sites (tertiary alicyclic amines) is 1. The molecule has 3 aromatic rings. The van der Waals surface area contributed by atoms with Crippen molar-refractivity contribution in [1.82, 2.24) is 25.7 Å². The van der Waals surface area contributed by atoms with Crippen molar-refractivity contribution in [1.29, 1.82) is 0 Å². The van der Waals surface area contributed by atoms with E-state index in [1.54, 1.807) is 36.5 Å². The third kappa shape index (κ3) is 9.93. The van der Waals surface area contributed by atoms with E-state index < -0.39 is 0 Å². The minimum Gasteiger partial charge on any atom is -0.336 e. The summed E-state index contributed by atoms with van der Waals surface area (Å²) in [5.74, 6) is 4.85. The van der Waals surface area contributed by atoms with E-state index in [0.717, 1.165) is 39.0 Å². The Hall–Kier alpha value is -2.61. The van der Waals surface area contributed by atoms with Crippen LogP contribution < -0.4 is 16.7 Å². The molecule has 0 aromatic carbocycles. The Kier molecular flexibility index (Phi) is 12.6. The van der Waals surface area contributed by atoms with Crippen LogP contribution in [-0.2, 0) is 0 Å². The lowest BCUT2D eigenvalue weighted by Gasteiger charge is -2.19. The van der Waals surface area contributed by atoms with E-state index in [2.05, 4.69) is 29.8 Å². The van der Waals surface area contributed by atoms with Crippen molar-refractivity contribution < 1.29 is 14.4 Å². The number of aryl methyl sites for hydroxylation is 3. The van der Waals surface area contributed by atoms with E-state index in [9.17, 15) is 14.4 Å². The molecule has 1 aliphatic rings. The standard InChI is InChI=1S/C12H18N2OS.C8H12N2OS.C6H8N2OS/c1-9-4-5-11(16-9)12(15)14-7-6-10(8-14)13(2)3;1-6-4-5-7(12-6)8(11)9-10(2)3;1-4-2-3-5(10-4)6(9)8-7/h4-5,10H,6-8H2,1-3H3;4-5H,1-3H3,(H,9,11);2-3H,7H2,1H3,(H,8,9). The highest BCUT2D eigenvalue weighted by Gasteiger charge is 2.28. The van der Waals surface area contributed by atoms with Crippen LogP contribution >= 0.6 is 34.0 Å². The van der Waals surface area contributed by atoms with Gasteiger partial charge in [-0.2, -0.15) is 0 Å². The smallest absolute Gasteiger partial charge is 0.275 e. The molecular weight excluding hydrogens is 541 g/mol. The first-order chi connectivity index (χ1) is 17.9. The number of hydrogen-bond donors (Lipinski definition) is 3. The van der Waals surface area contributed by atoms with Crippen molar-refractivity contribution in [2.45, 2.75) is 33.2 Å². The van der Waals surface area contributed by atoms with Gasteiger partial charge in [0.25, 0.3) is 17.7 Å². The summed E-state index contributed by atoms with van der Waals surface area (Å²) in [5, 5.41) is 1.64. The monoisotopic (exact) mass is 578 g/mol. The zero-order chi connectivity index (χ0) is 28.4. The SMILES string of the molecule is Cc1ccc(C(=O)N2CCC(N(C)C)C2)s1.Cc1ccc(C(=O)NN(C)C)s1.Cc1ccc(C(=O)NN)s1. The molecule has 1 atom stereocenters. The maximum atomic E-state index is 12.1. The molecule has 38 heavy (non-hydrogen) atoms. The second kappa shape index (κ2) is 15.1. The first-order valence-corrected chi connectivity index (χ1v) is 14.5. The van der Waals surface area contributed by atoms with Gasteiger partial charge < -0.3 is 9.80 Å². The molecule has 0 aliphatic carbocycles. The molecule has 4 heterocycles. The molecule has 208 valence electrons. The summed E-state index contributed by atoms with van der Waals surface area (Å²) in [6.45, 7) is 7.71. The number of nitrogens with zero attached hydrogens (tertiary/aromatic N) is 3. The van der Waals surface area contributed by atoms with E-state index in [-0.39, 0.29) is 17.7 Å². The van der Waals surface area contributed by atoms with Crippen molar-refractivity contribution in [2.24, 2.45) is 5.84 Å². The number of nitrogens with one attached hydrogen (secondary N) is 2. The summed E-state index contributed by atoms with van der Waals surface area (Å²) in [4.78, 5) is 44.2. The number of carbonyl (C=O) groups excluding carboxylic acids is 3. The molecule has 3 aromatic heterocycles. The predicted molar refractivity (Wildman–Crippen MR) is 158 cm³/mol. The quantitative estimate of drug-likeness (QED) is 0.242. The van der Waals surface area contributed by atoms with E-state index in [1.165, 1.54) is 27.6 Å². The van der Waals surface area contributed by atoms with E-state index in [1.807, 2.05) is 56.0 Å². The topological polar surface area (TPSA) is 111 Å². The van der Waals surface area contributed by atoms with Crippen LogP contribution in [0.4, 0.5) is 0 Å². The molecule has 1 aliphatic heterocycles. The Balaban J connectivity index is 0.000000207. The van der Waals surface area contributed by atoms with Crippen LogP contribution in [0, 0.1) is 20.8 Å². The highest BCUT2D eigenvalue weighted by Crippen LogP contribution is 2.21. The van der Waals surface area contributed by atoms with Crippen LogP contribution in [0.15, 0.2) is 36.4 Å². The van der Waals surface area contributed by atoms with Gasteiger partial charge in [-0.05, 0) is 77.7 Å². The lowest BCUT2D eigenvalue weighted by molar-refractivity contribution is 0.0786. The number of nitrogens with two attached hydrogens (primary N) is 1. The maximum Gasteiger partial charge on any atom is 0.275 e. The average molecular weight is 579 g/mol. The van der Waals surface area contributed by atoms with Gasteiger partial charge in [-0.15, -0.1) is 34.0 Å². The molecule has 1 unspecified atom stereocenters. The average Bonchev–Trinajstić information content (AvgIpc) is 3.66. The summed E-state index contributed by atoms with van der Waals surface area (Å²) in [6, 6.07) is 11.9. The summed E-state index contributed by atoms with van der Waals surface area (Å²) in [5.41, 5.74) is 4.74. The fraction of sp³-hybridized carbons (Fsp3) is 0.423. The van der Waals surface area contributed by atoms with Gasteiger partial charge in [-0.3, -0.25) is 25.2 Å². The van der Waals surface area contributed by atoms with Crippen molar-refractivity contribution in [3.8, 4) is 0 Å². The van der Waals surface area contributed by atoms with Crippen LogP contribution in [0.3, 0.4) is 0 Å². The molecule has 0 radical (unpaired) electrons. The Morgan fingerprint density at radius 2 is 1.29 bits per heavy atom. The third-order valence-corrected chi connectivity index (χ3v) is 8.50. The van der Waals surface area contributed by atoms with Crippen LogP contribution in [0.2, 0.25) is 0 Å². The van der Waals surface area contributed by atoms with Crippen LogP contribution in [0.5, 0.6) is 0 Å². The number of hydrazine groups is 2. The molecule has 1 fully saturated rings. The van der Waals surface area contributed by atoms with Crippen LogP contribution in [0.25, 0.3) is 0 Å². The van der Waals surface area contributed by atoms with Gasteiger partial charge in [-0.1, -0.05) is 0 Å². The first kappa shape index (κ1) is 31.6. The van der Waals surface area contributed by atoms with Crippen molar-refractivity contribution in [3.63, 3.8) is 0 Å². The number of rotatable bonds is 5. The number of thiophene rings is 3. The predicted octanol–water partition coefficient (Wildman–Crippen LogP) is 3.76. The molecule has 12 heteroatoms. The van der Waals surface area contributed by atoms with Gasteiger partial charge in [0.15, 0.2) is 0 Å². The van der Waals surface area contributed by atoms with E-state index in [0.29, 0.717) is 10.9 Å². The summed E-state index contributed by atoms with van der Waals surface area (Å²) >= 11 is 4.52. The van der Waals surface area contributed by atoms with Gasteiger partial charge in [0.05, 0.1) is 14.6 Å². The highest BCUT2D eigenvalue weighted by molar-refractivity contribution is 7.14. The van der Waals surface area contributed by atoms with Gasteiger partial charge in [0, 0.05) is 47.9 Å². The Morgan fingerprint density at radius 3 is 1.66 bits per heavy atom. The zero-order valence-electron chi connectivity index (χ0n) is 23.0. The first-order valence-electron chi connectivity index (χ1n) is 12.1. The second-order valence-corrected chi connectivity index (χ2v) is 13.1.